The molecule has 20 heavy (non-hydrogen) atoms. The van der Waals surface area contributed by atoms with Crippen molar-refractivity contribution >= 4 is 32.1 Å². The summed E-state index contributed by atoms with van der Waals surface area (Å²) in [5.74, 6) is 0. The highest BCUT2D eigenvalue weighted by Gasteiger charge is 2.21. The fourth-order valence-electron chi connectivity index (χ4n) is 2.68. The Bertz CT molecular complexity index is 620. The average molecular weight is 291 g/mol. The molecule has 1 N–H and O–H groups in total. The second-order valence-corrected chi connectivity index (χ2v) is 6.04. The summed E-state index contributed by atoms with van der Waals surface area (Å²) < 4.78 is 0.961. The van der Waals surface area contributed by atoms with Gasteiger partial charge in [-0.2, -0.15) is 0 Å². The molecule has 1 aromatic heterocycles. The van der Waals surface area contributed by atoms with E-state index in [0.717, 1.165) is 36.3 Å². The van der Waals surface area contributed by atoms with E-state index in [-0.39, 0.29) is 9.92 Å². The maximum Gasteiger partial charge on any atom is 0.348 e. The van der Waals surface area contributed by atoms with Crippen molar-refractivity contribution in [2.75, 3.05) is 31.5 Å². The number of likely N-dealkylation sites (tertiary alicyclic amines) is 1. The quantitative estimate of drug-likeness (QED) is 0.678. The molecule has 0 radical (unpaired) electrons. The number of thiophene rings is 1. The monoisotopic (exact) mass is 291 g/mol. The Morgan fingerprint density at radius 1 is 1.30 bits per heavy atom. The number of nitrogens with one attached hydrogen (secondary N) is 1. The minimum absolute atomic E-state index is 0.215. The molecule has 1 aliphatic heterocycles. The number of anilines is 1. The fourth-order valence-corrected chi connectivity index (χ4v) is 3.67. The summed E-state index contributed by atoms with van der Waals surface area (Å²) >= 11 is 1.24. The Hall–Kier alpha value is -1.66. The fraction of sp³-hybridized carbons (Fsp3) is 0.429. The molecule has 3 rings (SSSR count). The van der Waals surface area contributed by atoms with Crippen molar-refractivity contribution in [3.63, 3.8) is 0 Å². The second-order valence-electron chi connectivity index (χ2n) is 5.01. The number of hydrogen-bond acceptors (Lipinski definition) is 5. The number of nitrogens with zero attached hydrogens (tertiary/aromatic N) is 2. The van der Waals surface area contributed by atoms with Gasteiger partial charge in [-0.05, 0) is 32.0 Å². The first-order chi connectivity index (χ1) is 9.75. The van der Waals surface area contributed by atoms with Gasteiger partial charge in [-0.15, -0.1) is 0 Å². The van der Waals surface area contributed by atoms with Gasteiger partial charge in [-0.3, -0.25) is 10.1 Å². The number of fused-ring (bicyclic) bond motifs is 1. The summed E-state index contributed by atoms with van der Waals surface area (Å²) in [4.78, 5) is 13.3. The molecule has 1 aliphatic rings. The van der Waals surface area contributed by atoms with E-state index in [4.69, 9.17) is 0 Å². The lowest BCUT2D eigenvalue weighted by atomic mass is 10.2. The van der Waals surface area contributed by atoms with Gasteiger partial charge in [-0.25, -0.2) is 0 Å². The van der Waals surface area contributed by atoms with Crippen molar-refractivity contribution in [1.82, 2.24) is 4.90 Å². The van der Waals surface area contributed by atoms with Gasteiger partial charge in [0.05, 0.1) is 4.92 Å². The standard InChI is InChI=1S/C14H17N3O2S/c18-17(19)14-13(11-5-1-2-6-12(11)20-14)15-7-10-16-8-3-4-9-16/h1-2,5-6,15H,3-4,7-10H2. The lowest BCUT2D eigenvalue weighted by Crippen LogP contribution is -2.26. The third-order valence-electron chi connectivity index (χ3n) is 3.67. The summed E-state index contributed by atoms with van der Waals surface area (Å²) in [5, 5.41) is 15.6. The molecule has 0 saturated carbocycles. The van der Waals surface area contributed by atoms with Gasteiger partial charge >= 0.3 is 5.00 Å². The van der Waals surface area contributed by atoms with E-state index in [1.807, 2.05) is 24.3 Å². The third kappa shape index (κ3) is 2.62. The van der Waals surface area contributed by atoms with Gasteiger partial charge in [-0.1, -0.05) is 29.5 Å². The lowest BCUT2D eigenvalue weighted by Gasteiger charge is -2.14. The molecule has 5 nitrogen and oxygen atoms in total. The molecule has 1 fully saturated rings. The van der Waals surface area contributed by atoms with Crippen LogP contribution in [0, 0.1) is 10.1 Å². The zero-order chi connectivity index (χ0) is 13.9. The summed E-state index contributed by atoms with van der Waals surface area (Å²) in [6, 6.07) is 7.71. The van der Waals surface area contributed by atoms with Crippen LogP contribution in [-0.2, 0) is 0 Å². The Morgan fingerprint density at radius 3 is 2.80 bits per heavy atom. The summed E-state index contributed by atoms with van der Waals surface area (Å²) in [7, 11) is 0. The lowest BCUT2D eigenvalue weighted by molar-refractivity contribution is -0.379. The molecule has 0 spiro atoms. The molecule has 0 unspecified atom stereocenters. The first-order valence-electron chi connectivity index (χ1n) is 6.88. The zero-order valence-corrected chi connectivity index (χ0v) is 12.0. The van der Waals surface area contributed by atoms with Crippen LogP contribution in [0.15, 0.2) is 24.3 Å². The smallest absolute Gasteiger partial charge is 0.348 e. The molecule has 106 valence electrons. The summed E-state index contributed by atoms with van der Waals surface area (Å²) in [6.07, 6.45) is 2.53. The maximum absolute atomic E-state index is 11.2. The highest BCUT2D eigenvalue weighted by atomic mass is 32.1. The van der Waals surface area contributed by atoms with Crippen LogP contribution in [0.5, 0.6) is 0 Å². The van der Waals surface area contributed by atoms with Crippen LogP contribution in [0.4, 0.5) is 10.7 Å². The van der Waals surface area contributed by atoms with Crippen LogP contribution in [0.25, 0.3) is 10.1 Å². The molecular formula is C14H17N3O2S. The van der Waals surface area contributed by atoms with Crippen molar-refractivity contribution < 1.29 is 4.92 Å². The minimum atomic E-state index is -0.289. The largest absolute Gasteiger partial charge is 0.377 e. The predicted molar refractivity (Wildman–Crippen MR) is 82.6 cm³/mol. The van der Waals surface area contributed by atoms with Crippen LogP contribution in [0.3, 0.4) is 0 Å². The van der Waals surface area contributed by atoms with Gasteiger partial charge < -0.3 is 10.2 Å². The first kappa shape index (κ1) is 13.3. The molecule has 0 bridgehead atoms. The number of rotatable bonds is 5. The van der Waals surface area contributed by atoms with Gasteiger partial charge in [0.15, 0.2) is 0 Å². The van der Waals surface area contributed by atoms with E-state index in [9.17, 15) is 10.1 Å². The predicted octanol–water partition coefficient (Wildman–Crippen LogP) is 3.32. The molecule has 6 heteroatoms. The molecule has 0 aliphatic carbocycles. The van der Waals surface area contributed by atoms with E-state index in [2.05, 4.69) is 10.2 Å². The minimum Gasteiger partial charge on any atom is -0.377 e. The van der Waals surface area contributed by atoms with Crippen molar-refractivity contribution in [3.05, 3.63) is 34.4 Å². The first-order valence-corrected chi connectivity index (χ1v) is 7.69. The highest BCUT2D eigenvalue weighted by Crippen LogP contribution is 2.41. The average Bonchev–Trinajstić information content (AvgIpc) is 3.07. The molecule has 2 aromatic rings. The van der Waals surface area contributed by atoms with Gasteiger partial charge in [0.25, 0.3) is 0 Å². The third-order valence-corrected chi connectivity index (χ3v) is 4.79. The maximum atomic E-state index is 11.2. The molecule has 0 amide bonds. The molecule has 0 atom stereocenters. The second kappa shape index (κ2) is 5.76. The van der Waals surface area contributed by atoms with Gasteiger partial charge in [0.2, 0.25) is 0 Å². The topological polar surface area (TPSA) is 58.4 Å². The van der Waals surface area contributed by atoms with Gasteiger partial charge in [0, 0.05) is 23.2 Å². The van der Waals surface area contributed by atoms with Crippen LogP contribution in [-0.4, -0.2) is 36.0 Å². The van der Waals surface area contributed by atoms with E-state index in [1.165, 1.54) is 24.2 Å². The molecule has 1 aromatic carbocycles. The Balaban J connectivity index is 1.78. The zero-order valence-electron chi connectivity index (χ0n) is 11.2. The van der Waals surface area contributed by atoms with Crippen molar-refractivity contribution in [1.29, 1.82) is 0 Å². The Kier molecular flexibility index (Phi) is 3.84. The molecule has 2 heterocycles. The summed E-state index contributed by atoms with van der Waals surface area (Å²) in [5.41, 5.74) is 0.676. The normalized spacial score (nSPS) is 15.8. The van der Waals surface area contributed by atoms with Crippen molar-refractivity contribution in [3.8, 4) is 0 Å². The molecule has 1 saturated heterocycles. The Morgan fingerprint density at radius 2 is 2.05 bits per heavy atom. The van der Waals surface area contributed by atoms with E-state index in [0.29, 0.717) is 5.69 Å². The van der Waals surface area contributed by atoms with Crippen LogP contribution >= 0.6 is 11.3 Å². The van der Waals surface area contributed by atoms with Crippen LogP contribution in [0.2, 0.25) is 0 Å². The molecular weight excluding hydrogens is 274 g/mol. The van der Waals surface area contributed by atoms with Gasteiger partial charge in [0.1, 0.15) is 5.69 Å². The van der Waals surface area contributed by atoms with E-state index >= 15 is 0 Å². The van der Waals surface area contributed by atoms with Crippen molar-refractivity contribution in [2.45, 2.75) is 12.8 Å². The SMILES string of the molecule is O=[N+]([O-])c1sc2ccccc2c1NCCN1CCCC1. The van der Waals surface area contributed by atoms with Crippen LogP contribution < -0.4 is 5.32 Å². The number of benzene rings is 1. The van der Waals surface area contributed by atoms with Crippen LogP contribution in [0.1, 0.15) is 12.8 Å². The number of nitro groups is 1. The Labute approximate surface area is 121 Å². The highest BCUT2D eigenvalue weighted by molar-refractivity contribution is 7.23. The van der Waals surface area contributed by atoms with E-state index < -0.39 is 0 Å². The summed E-state index contributed by atoms with van der Waals surface area (Å²) in [6.45, 7) is 3.99. The number of hydrogen-bond donors (Lipinski definition) is 1. The van der Waals surface area contributed by atoms with E-state index in [1.54, 1.807) is 0 Å². The van der Waals surface area contributed by atoms with Crippen molar-refractivity contribution in [2.24, 2.45) is 0 Å².